The summed E-state index contributed by atoms with van der Waals surface area (Å²) in [6.07, 6.45) is 7.70. The van der Waals surface area contributed by atoms with E-state index in [0.717, 1.165) is 29.6 Å². The first-order chi connectivity index (χ1) is 13.5. The number of hydrogen-bond donors (Lipinski definition) is 0. The lowest BCUT2D eigenvalue weighted by molar-refractivity contribution is 0.123. The zero-order valence-corrected chi connectivity index (χ0v) is 17.7. The van der Waals surface area contributed by atoms with Crippen LogP contribution in [0.1, 0.15) is 60.9 Å². The molecule has 1 aromatic heterocycles. The number of fused-ring (bicyclic) bond motifs is 1. The highest BCUT2D eigenvalue weighted by Gasteiger charge is 2.31. The summed E-state index contributed by atoms with van der Waals surface area (Å²) in [5.74, 6) is 0.779. The van der Waals surface area contributed by atoms with Crippen LogP contribution in [0.15, 0.2) is 23.0 Å². The van der Waals surface area contributed by atoms with Crippen LogP contribution in [-0.4, -0.2) is 27.2 Å². The fourth-order valence-corrected chi connectivity index (χ4v) is 4.49. The minimum absolute atomic E-state index is 0.0923. The third-order valence-corrected chi connectivity index (χ3v) is 6.65. The fraction of sp³-hybridized carbons (Fsp3) is 0.565. The van der Waals surface area contributed by atoms with Crippen LogP contribution < -0.4 is 10.5 Å². The lowest BCUT2D eigenvalue weighted by Crippen LogP contribution is -2.51. The van der Waals surface area contributed by atoms with Crippen LogP contribution in [-0.2, 0) is 6.67 Å². The Hall–Kier alpha value is -2.14. The molecule has 1 aromatic carbocycles. The monoisotopic (exact) mass is 380 g/mol. The smallest absolute Gasteiger partial charge is 0.259 e. The van der Waals surface area contributed by atoms with E-state index in [1.54, 1.807) is 0 Å². The van der Waals surface area contributed by atoms with Gasteiger partial charge in [-0.1, -0.05) is 31.7 Å². The van der Waals surface area contributed by atoms with Crippen molar-refractivity contribution in [2.75, 3.05) is 11.6 Å². The summed E-state index contributed by atoms with van der Waals surface area (Å²) in [6, 6.07) is 7.08. The van der Waals surface area contributed by atoms with Crippen LogP contribution in [0.4, 0.5) is 11.6 Å². The normalized spacial score (nSPS) is 18.8. The molecule has 0 bridgehead atoms. The van der Waals surface area contributed by atoms with Gasteiger partial charge in [-0.25, -0.2) is 4.98 Å². The predicted octanol–water partition coefficient (Wildman–Crippen LogP) is 4.57. The van der Waals surface area contributed by atoms with E-state index >= 15 is 0 Å². The van der Waals surface area contributed by atoms with Crippen molar-refractivity contribution in [3.63, 3.8) is 0 Å². The SMILES string of the molecule is Cc1ccc(N2CN(C3CCCCCC3)Cn3c2nc(C)c(C)c3=O)cc1C. The molecule has 5 heteroatoms. The van der Waals surface area contributed by atoms with Crippen LogP contribution in [0.5, 0.6) is 0 Å². The maximum Gasteiger partial charge on any atom is 0.259 e. The van der Waals surface area contributed by atoms with Crippen LogP contribution in [0.25, 0.3) is 0 Å². The maximum absolute atomic E-state index is 13.1. The van der Waals surface area contributed by atoms with E-state index in [4.69, 9.17) is 4.98 Å². The predicted molar refractivity (Wildman–Crippen MR) is 114 cm³/mol. The van der Waals surface area contributed by atoms with Crippen molar-refractivity contribution in [3.05, 3.63) is 50.9 Å². The van der Waals surface area contributed by atoms with Gasteiger partial charge >= 0.3 is 0 Å². The van der Waals surface area contributed by atoms with Gasteiger partial charge in [0.2, 0.25) is 5.95 Å². The average molecular weight is 381 g/mol. The molecule has 0 N–H and O–H groups in total. The Morgan fingerprint density at radius 3 is 2.32 bits per heavy atom. The molecule has 2 aliphatic rings. The number of hydrogen-bond acceptors (Lipinski definition) is 4. The molecular formula is C23H32N4O. The van der Waals surface area contributed by atoms with E-state index in [1.165, 1.54) is 49.7 Å². The second-order valence-corrected chi connectivity index (χ2v) is 8.57. The van der Waals surface area contributed by atoms with Crippen molar-refractivity contribution < 1.29 is 0 Å². The molecule has 0 unspecified atom stereocenters. The zero-order chi connectivity index (χ0) is 19.8. The van der Waals surface area contributed by atoms with E-state index in [0.29, 0.717) is 12.7 Å². The first-order valence-corrected chi connectivity index (χ1v) is 10.6. The van der Waals surface area contributed by atoms with Gasteiger partial charge in [0.1, 0.15) is 0 Å². The molecular weight excluding hydrogens is 348 g/mol. The van der Waals surface area contributed by atoms with Crippen LogP contribution in [0, 0.1) is 27.7 Å². The van der Waals surface area contributed by atoms with Gasteiger partial charge in [0.15, 0.2) is 0 Å². The zero-order valence-electron chi connectivity index (χ0n) is 17.7. The standard InChI is InChI=1S/C23H32N4O/c1-16-11-12-21(13-17(16)2)26-14-25(20-9-7-5-6-8-10-20)15-27-22(28)18(3)19(4)24-23(26)27/h11-13,20H,5-10,14-15H2,1-4H3. The van der Waals surface area contributed by atoms with E-state index in [9.17, 15) is 4.79 Å². The Morgan fingerprint density at radius 1 is 0.929 bits per heavy atom. The molecule has 5 nitrogen and oxygen atoms in total. The molecule has 1 aliphatic heterocycles. The van der Waals surface area contributed by atoms with Gasteiger partial charge < -0.3 is 0 Å². The van der Waals surface area contributed by atoms with E-state index < -0.39 is 0 Å². The number of nitrogens with zero attached hydrogens (tertiary/aromatic N) is 4. The molecule has 0 radical (unpaired) electrons. The third-order valence-electron chi connectivity index (χ3n) is 6.65. The summed E-state index contributed by atoms with van der Waals surface area (Å²) >= 11 is 0. The minimum Gasteiger partial charge on any atom is -0.298 e. The van der Waals surface area contributed by atoms with Crippen molar-refractivity contribution in [2.45, 2.75) is 78.9 Å². The topological polar surface area (TPSA) is 41.4 Å². The average Bonchev–Trinajstić information content (AvgIpc) is 2.97. The minimum atomic E-state index is 0.0923. The first-order valence-electron chi connectivity index (χ1n) is 10.6. The lowest BCUT2D eigenvalue weighted by atomic mass is 10.1. The van der Waals surface area contributed by atoms with Crippen LogP contribution in [0.2, 0.25) is 0 Å². The van der Waals surface area contributed by atoms with Crippen molar-refractivity contribution in [1.29, 1.82) is 0 Å². The lowest BCUT2D eigenvalue weighted by Gasteiger charge is -2.42. The molecule has 0 amide bonds. The third kappa shape index (κ3) is 3.48. The second kappa shape index (κ2) is 7.70. The van der Waals surface area contributed by atoms with Gasteiger partial charge in [-0.05, 0) is 63.8 Å². The largest absolute Gasteiger partial charge is 0.298 e. The molecule has 0 saturated heterocycles. The summed E-state index contributed by atoms with van der Waals surface area (Å²) in [4.78, 5) is 22.7. The number of anilines is 2. The highest BCUT2D eigenvalue weighted by atomic mass is 16.1. The molecule has 2 aromatic rings. The van der Waals surface area contributed by atoms with E-state index in [2.05, 4.69) is 41.8 Å². The van der Waals surface area contributed by atoms with Gasteiger partial charge in [-0.2, -0.15) is 0 Å². The molecule has 28 heavy (non-hydrogen) atoms. The summed E-state index contributed by atoms with van der Waals surface area (Å²) in [5, 5.41) is 0. The number of benzene rings is 1. The summed E-state index contributed by atoms with van der Waals surface area (Å²) < 4.78 is 1.88. The summed E-state index contributed by atoms with van der Waals surface area (Å²) in [6.45, 7) is 9.55. The summed E-state index contributed by atoms with van der Waals surface area (Å²) in [7, 11) is 0. The molecule has 0 spiro atoms. The second-order valence-electron chi connectivity index (χ2n) is 8.57. The van der Waals surface area contributed by atoms with Crippen molar-refractivity contribution in [2.24, 2.45) is 0 Å². The Bertz CT molecular complexity index is 925. The Kier molecular flexibility index (Phi) is 5.28. The molecule has 150 valence electrons. The van der Waals surface area contributed by atoms with Gasteiger partial charge in [-0.15, -0.1) is 0 Å². The molecule has 1 fully saturated rings. The Labute approximate surface area is 168 Å². The Balaban J connectivity index is 1.79. The van der Waals surface area contributed by atoms with Crippen molar-refractivity contribution in [3.8, 4) is 0 Å². The fourth-order valence-electron chi connectivity index (χ4n) is 4.49. The van der Waals surface area contributed by atoms with Gasteiger partial charge in [0, 0.05) is 23.0 Å². The maximum atomic E-state index is 13.1. The van der Waals surface area contributed by atoms with Crippen LogP contribution >= 0.6 is 0 Å². The number of rotatable bonds is 2. The van der Waals surface area contributed by atoms with Gasteiger partial charge in [-0.3, -0.25) is 19.2 Å². The van der Waals surface area contributed by atoms with E-state index in [1.807, 2.05) is 18.4 Å². The van der Waals surface area contributed by atoms with Gasteiger partial charge in [0.05, 0.1) is 13.3 Å². The quantitative estimate of drug-likeness (QED) is 0.716. The van der Waals surface area contributed by atoms with Crippen molar-refractivity contribution in [1.82, 2.24) is 14.5 Å². The molecule has 1 saturated carbocycles. The first kappa shape index (κ1) is 19.2. The van der Waals surface area contributed by atoms with Crippen LogP contribution in [0.3, 0.4) is 0 Å². The molecule has 1 aliphatic carbocycles. The number of aryl methyl sites for hydroxylation is 3. The van der Waals surface area contributed by atoms with Gasteiger partial charge in [0.25, 0.3) is 5.56 Å². The molecule has 2 heterocycles. The highest BCUT2D eigenvalue weighted by Crippen LogP contribution is 2.32. The van der Waals surface area contributed by atoms with E-state index in [-0.39, 0.29) is 5.56 Å². The summed E-state index contributed by atoms with van der Waals surface area (Å²) in [5.41, 5.74) is 5.34. The highest BCUT2D eigenvalue weighted by molar-refractivity contribution is 5.60. The Morgan fingerprint density at radius 2 is 1.64 bits per heavy atom. The molecule has 4 rings (SSSR count). The molecule has 0 atom stereocenters. The number of aromatic nitrogens is 2. The van der Waals surface area contributed by atoms with Crippen molar-refractivity contribution >= 4 is 11.6 Å².